The molecule has 0 heteroatoms. The molecule has 4 aliphatic rings. The minimum atomic E-state index is 0.387. The molecule has 6 rings (SSSR count). The van der Waals surface area contributed by atoms with Crippen LogP contribution in [0.15, 0.2) is 48.5 Å². The molecule has 2 bridgehead atoms. The van der Waals surface area contributed by atoms with Crippen LogP contribution in [-0.4, -0.2) is 0 Å². The first-order chi connectivity index (χ1) is 8.89. The lowest BCUT2D eigenvalue weighted by Gasteiger charge is -2.33. The maximum atomic E-state index is 2.38. The van der Waals surface area contributed by atoms with Crippen LogP contribution in [0.5, 0.6) is 0 Å². The van der Waals surface area contributed by atoms with Crippen LogP contribution in [0, 0.1) is 11.8 Å². The second-order valence-corrected chi connectivity index (χ2v) is 6.30. The molecule has 3 saturated carbocycles. The molecule has 0 unspecified atom stereocenters. The fourth-order valence-corrected chi connectivity index (χ4v) is 4.95. The lowest BCUT2D eigenvalue weighted by atomic mass is 9.70. The smallest absolute Gasteiger partial charge is 0.0246 e. The molecule has 0 amide bonds. The zero-order valence-electron chi connectivity index (χ0n) is 10.4. The molecule has 1 spiro atoms. The van der Waals surface area contributed by atoms with Crippen LogP contribution >= 0.6 is 0 Å². The highest BCUT2D eigenvalue weighted by Crippen LogP contribution is 2.68. The lowest BCUT2D eigenvalue weighted by molar-refractivity contribution is 0.272. The van der Waals surface area contributed by atoms with Gasteiger partial charge in [-0.25, -0.2) is 0 Å². The van der Waals surface area contributed by atoms with E-state index in [-0.39, 0.29) is 0 Å². The van der Waals surface area contributed by atoms with Gasteiger partial charge in [0.15, 0.2) is 0 Å². The first-order valence-electron chi connectivity index (χ1n) is 7.09. The monoisotopic (exact) mass is 232 g/mol. The molecule has 0 atom stereocenters. The van der Waals surface area contributed by atoms with Crippen molar-refractivity contribution in [3.8, 4) is 11.1 Å². The van der Waals surface area contributed by atoms with Crippen molar-refractivity contribution >= 4 is 0 Å². The molecule has 0 radical (unpaired) electrons. The van der Waals surface area contributed by atoms with Gasteiger partial charge in [0.25, 0.3) is 0 Å². The van der Waals surface area contributed by atoms with Gasteiger partial charge in [0.05, 0.1) is 0 Å². The third-order valence-corrected chi connectivity index (χ3v) is 5.65. The first-order valence-corrected chi connectivity index (χ1v) is 7.09. The minimum absolute atomic E-state index is 0.387. The molecule has 88 valence electrons. The standard InChI is InChI=1S/C18H16/c1-3-7-16-14(5-1)15-6-2-4-8-17(15)18(16)11-12-9-13(18)10-12/h1-8,12-13H,9-11H2. The summed E-state index contributed by atoms with van der Waals surface area (Å²) in [6.07, 6.45) is 4.32. The van der Waals surface area contributed by atoms with E-state index in [0.29, 0.717) is 5.41 Å². The van der Waals surface area contributed by atoms with Gasteiger partial charge in [0, 0.05) is 5.41 Å². The summed E-state index contributed by atoms with van der Waals surface area (Å²) in [4.78, 5) is 0. The summed E-state index contributed by atoms with van der Waals surface area (Å²) in [5, 5.41) is 0. The summed E-state index contributed by atoms with van der Waals surface area (Å²) in [5.74, 6) is 1.90. The number of hydrogen-bond donors (Lipinski definition) is 0. The van der Waals surface area contributed by atoms with Crippen LogP contribution in [0.2, 0.25) is 0 Å². The van der Waals surface area contributed by atoms with Crippen LogP contribution in [0.25, 0.3) is 11.1 Å². The Hall–Kier alpha value is -1.56. The van der Waals surface area contributed by atoms with E-state index in [4.69, 9.17) is 0 Å². The Kier molecular flexibility index (Phi) is 1.50. The number of hydrogen-bond acceptors (Lipinski definition) is 0. The summed E-state index contributed by atoms with van der Waals surface area (Å²) in [6, 6.07) is 18.2. The molecule has 0 aromatic heterocycles. The van der Waals surface area contributed by atoms with Crippen molar-refractivity contribution in [1.29, 1.82) is 0 Å². The molecule has 0 saturated heterocycles. The molecule has 18 heavy (non-hydrogen) atoms. The van der Waals surface area contributed by atoms with E-state index >= 15 is 0 Å². The third kappa shape index (κ3) is 0.849. The minimum Gasteiger partial charge on any atom is -0.0619 e. The van der Waals surface area contributed by atoms with E-state index in [1.165, 1.54) is 30.4 Å². The Morgan fingerprint density at radius 3 is 1.83 bits per heavy atom. The van der Waals surface area contributed by atoms with Gasteiger partial charge in [-0.2, -0.15) is 0 Å². The zero-order chi connectivity index (χ0) is 11.7. The Morgan fingerprint density at radius 1 is 0.778 bits per heavy atom. The highest BCUT2D eigenvalue weighted by Gasteiger charge is 2.59. The van der Waals surface area contributed by atoms with E-state index in [2.05, 4.69) is 48.5 Å². The zero-order valence-corrected chi connectivity index (χ0v) is 10.4. The second-order valence-electron chi connectivity index (χ2n) is 6.30. The SMILES string of the molecule is c1ccc2c(c1)-c1ccccc1C21CC2CC1C2. The highest BCUT2D eigenvalue weighted by atomic mass is 14.6. The quantitative estimate of drug-likeness (QED) is 0.632. The van der Waals surface area contributed by atoms with Gasteiger partial charge >= 0.3 is 0 Å². The molecule has 0 nitrogen and oxygen atoms in total. The van der Waals surface area contributed by atoms with E-state index in [1.807, 2.05) is 0 Å². The summed E-state index contributed by atoms with van der Waals surface area (Å²) in [7, 11) is 0. The first kappa shape index (κ1) is 9.38. The largest absolute Gasteiger partial charge is 0.0619 e. The molecule has 0 heterocycles. The molecule has 4 aliphatic carbocycles. The van der Waals surface area contributed by atoms with Crippen molar-refractivity contribution in [2.75, 3.05) is 0 Å². The molecule has 2 aromatic rings. The average Bonchev–Trinajstić information content (AvgIpc) is 3.02. The summed E-state index contributed by atoms with van der Waals surface area (Å²) in [6.45, 7) is 0. The van der Waals surface area contributed by atoms with Gasteiger partial charge in [0.2, 0.25) is 0 Å². The Balaban J connectivity index is 1.91. The van der Waals surface area contributed by atoms with Crippen molar-refractivity contribution in [2.45, 2.75) is 24.7 Å². The lowest BCUT2D eigenvalue weighted by Crippen LogP contribution is -2.28. The van der Waals surface area contributed by atoms with E-state index in [9.17, 15) is 0 Å². The maximum Gasteiger partial charge on any atom is 0.0246 e. The van der Waals surface area contributed by atoms with Gasteiger partial charge in [-0.3, -0.25) is 0 Å². The Bertz CT molecular complexity index is 601. The fourth-order valence-electron chi connectivity index (χ4n) is 4.95. The van der Waals surface area contributed by atoms with Crippen LogP contribution in [-0.2, 0) is 5.41 Å². The summed E-state index contributed by atoms with van der Waals surface area (Å²) in [5.41, 5.74) is 6.63. The summed E-state index contributed by atoms with van der Waals surface area (Å²) < 4.78 is 0. The third-order valence-electron chi connectivity index (χ3n) is 5.65. The predicted molar refractivity (Wildman–Crippen MR) is 73.5 cm³/mol. The van der Waals surface area contributed by atoms with Crippen LogP contribution in [0.1, 0.15) is 30.4 Å². The Labute approximate surface area is 108 Å². The Morgan fingerprint density at radius 2 is 1.33 bits per heavy atom. The normalized spacial score (nSPS) is 28.9. The summed E-state index contributed by atoms with van der Waals surface area (Å²) >= 11 is 0. The van der Waals surface area contributed by atoms with E-state index in [1.54, 1.807) is 11.1 Å². The number of fused-ring (bicyclic) bond motifs is 3. The van der Waals surface area contributed by atoms with Gasteiger partial charge in [0.1, 0.15) is 0 Å². The molecule has 0 aliphatic heterocycles. The average molecular weight is 232 g/mol. The van der Waals surface area contributed by atoms with Crippen LogP contribution in [0.4, 0.5) is 0 Å². The maximum absolute atomic E-state index is 2.38. The van der Waals surface area contributed by atoms with Gasteiger partial charge in [-0.15, -0.1) is 0 Å². The van der Waals surface area contributed by atoms with Gasteiger partial charge in [-0.1, -0.05) is 48.5 Å². The van der Waals surface area contributed by atoms with Crippen molar-refractivity contribution in [2.24, 2.45) is 11.8 Å². The molecular weight excluding hydrogens is 216 g/mol. The molecule has 2 aromatic carbocycles. The molecule has 3 fully saturated rings. The second kappa shape index (κ2) is 2.88. The molecular formula is C18H16. The number of rotatable bonds is 0. The highest BCUT2D eigenvalue weighted by molar-refractivity contribution is 5.81. The fraction of sp³-hybridized carbons (Fsp3) is 0.333. The number of benzene rings is 2. The molecule has 0 N–H and O–H groups in total. The van der Waals surface area contributed by atoms with Crippen molar-refractivity contribution < 1.29 is 0 Å². The van der Waals surface area contributed by atoms with Gasteiger partial charge < -0.3 is 0 Å². The van der Waals surface area contributed by atoms with Crippen molar-refractivity contribution in [3.63, 3.8) is 0 Å². The van der Waals surface area contributed by atoms with Crippen LogP contribution < -0.4 is 0 Å². The van der Waals surface area contributed by atoms with Crippen LogP contribution in [0.3, 0.4) is 0 Å². The van der Waals surface area contributed by atoms with Crippen molar-refractivity contribution in [3.05, 3.63) is 59.7 Å². The van der Waals surface area contributed by atoms with E-state index in [0.717, 1.165) is 11.8 Å². The van der Waals surface area contributed by atoms with E-state index < -0.39 is 0 Å². The van der Waals surface area contributed by atoms with Crippen molar-refractivity contribution in [1.82, 2.24) is 0 Å². The topological polar surface area (TPSA) is 0 Å². The predicted octanol–water partition coefficient (Wildman–Crippen LogP) is 4.38. The van der Waals surface area contributed by atoms with Gasteiger partial charge in [-0.05, 0) is 53.4 Å².